The number of carbonyl (C=O) groups is 1. The van der Waals surface area contributed by atoms with Gasteiger partial charge >= 0.3 is 0 Å². The smallest absolute Gasteiger partial charge is 0.223 e. The van der Waals surface area contributed by atoms with Gasteiger partial charge in [0.25, 0.3) is 0 Å². The molecule has 0 fully saturated rings. The SMILES string of the molecule is Cc1ccc(CCC(=O)N(C)Cc2ncc[nH]2)cc1. The summed E-state index contributed by atoms with van der Waals surface area (Å²) in [5, 5.41) is 0. The second-order valence-corrected chi connectivity index (χ2v) is 4.77. The van der Waals surface area contributed by atoms with E-state index >= 15 is 0 Å². The lowest BCUT2D eigenvalue weighted by Gasteiger charge is -2.15. The van der Waals surface area contributed by atoms with Crippen LogP contribution in [0.25, 0.3) is 0 Å². The van der Waals surface area contributed by atoms with E-state index in [-0.39, 0.29) is 5.91 Å². The molecule has 0 saturated heterocycles. The van der Waals surface area contributed by atoms with Crippen LogP contribution in [0.3, 0.4) is 0 Å². The zero-order valence-corrected chi connectivity index (χ0v) is 11.4. The van der Waals surface area contributed by atoms with Crippen molar-refractivity contribution in [2.24, 2.45) is 0 Å². The molecule has 0 radical (unpaired) electrons. The summed E-state index contributed by atoms with van der Waals surface area (Å²) in [6.07, 6.45) is 4.77. The van der Waals surface area contributed by atoms with Crippen LogP contribution in [0.2, 0.25) is 0 Å². The Labute approximate surface area is 113 Å². The summed E-state index contributed by atoms with van der Waals surface area (Å²) in [4.78, 5) is 20.8. The fourth-order valence-electron chi connectivity index (χ4n) is 1.89. The maximum Gasteiger partial charge on any atom is 0.223 e. The van der Waals surface area contributed by atoms with E-state index in [4.69, 9.17) is 0 Å². The summed E-state index contributed by atoms with van der Waals surface area (Å²) in [7, 11) is 1.81. The van der Waals surface area contributed by atoms with Crippen molar-refractivity contribution in [2.45, 2.75) is 26.3 Å². The third kappa shape index (κ3) is 3.95. The Hall–Kier alpha value is -2.10. The third-order valence-corrected chi connectivity index (χ3v) is 3.12. The molecule has 1 N–H and O–H groups in total. The van der Waals surface area contributed by atoms with Crippen LogP contribution in [-0.2, 0) is 17.8 Å². The summed E-state index contributed by atoms with van der Waals surface area (Å²) >= 11 is 0. The molecule has 0 aliphatic rings. The van der Waals surface area contributed by atoms with Gasteiger partial charge in [-0.25, -0.2) is 4.98 Å². The number of benzene rings is 1. The first-order chi connectivity index (χ1) is 9.15. The van der Waals surface area contributed by atoms with Gasteiger partial charge in [0.15, 0.2) is 0 Å². The number of rotatable bonds is 5. The number of nitrogens with zero attached hydrogens (tertiary/aromatic N) is 2. The molecule has 0 unspecified atom stereocenters. The lowest BCUT2D eigenvalue weighted by atomic mass is 10.1. The maximum absolute atomic E-state index is 12.0. The molecule has 0 aliphatic carbocycles. The highest BCUT2D eigenvalue weighted by Gasteiger charge is 2.10. The van der Waals surface area contributed by atoms with E-state index < -0.39 is 0 Å². The summed E-state index contributed by atoms with van der Waals surface area (Å²) in [6, 6.07) is 8.31. The van der Waals surface area contributed by atoms with Crippen LogP contribution in [0.4, 0.5) is 0 Å². The fraction of sp³-hybridized carbons (Fsp3) is 0.333. The number of imidazole rings is 1. The summed E-state index contributed by atoms with van der Waals surface area (Å²) in [5.74, 6) is 0.947. The Balaban J connectivity index is 1.82. The molecule has 0 saturated carbocycles. The van der Waals surface area contributed by atoms with E-state index in [0.29, 0.717) is 13.0 Å². The monoisotopic (exact) mass is 257 g/mol. The van der Waals surface area contributed by atoms with Crippen LogP contribution in [0.1, 0.15) is 23.4 Å². The number of amides is 1. The van der Waals surface area contributed by atoms with Crippen molar-refractivity contribution in [3.05, 3.63) is 53.6 Å². The van der Waals surface area contributed by atoms with E-state index in [1.165, 1.54) is 11.1 Å². The zero-order valence-electron chi connectivity index (χ0n) is 11.4. The fourth-order valence-corrected chi connectivity index (χ4v) is 1.89. The standard InChI is InChI=1S/C15H19N3O/c1-12-3-5-13(6-4-12)7-8-15(19)18(2)11-14-16-9-10-17-14/h3-6,9-10H,7-8,11H2,1-2H3,(H,16,17). The summed E-state index contributed by atoms with van der Waals surface area (Å²) in [5.41, 5.74) is 2.44. The van der Waals surface area contributed by atoms with E-state index in [1.807, 2.05) is 0 Å². The molecule has 1 amide bonds. The van der Waals surface area contributed by atoms with E-state index in [9.17, 15) is 4.79 Å². The van der Waals surface area contributed by atoms with Gasteiger partial charge in [-0.2, -0.15) is 0 Å². The topological polar surface area (TPSA) is 49.0 Å². The van der Waals surface area contributed by atoms with Gasteiger partial charge in [-0.1, -0.05) is 29.8 Å². The number of aryl methyl sites for hydroxylation is 2. The van der Waals surface area contributed by atoms with Crippen LogP contribution in [0.5, 0.6) is 0 Å². The van der Waals surface area contributed by atoms with Gasteiger partial charge in [0.2, 0.25) is 5.91 Å². The first kappa shape index (κ1) is 13.3. The molecule has 2 rings (SSSR count). The zero-order chi connectivity index (χ0) is 13.7. The van der Waals surface area contributed by atoms with E-state index in [2.05, 4.69) is 41.2 Å². The molecular formula is C15H19N3O. The van der Waals surface area contributed by atoms with Crippen molar-refractivity contribution in [3.8, 4) is 0 Å². The van der Waals surface area contributed by atoms with Gasteiger partial charge in [-0.15, -0.1) is 0 Å². The average Bonchev–Trinajstić information content (AvgIpc) is 2.90. The van der Waals surface area contributed by atoms with Gasteiger partial charge in [-0.05, 0) is 18.9 Å². The van der Waals surface area contributed by atoms with Gasteiger partial charge in [0, 0.05) is 25.9 Å². The maximum atomic E-state index is 12.0. The number of carbonyl (C=O) groups excluding carboxylic acids is 1. The van der Waals surface area contributed by atoms with E-state index in [0.717, 1.165) is 12.2 Å². The van der Waals surface area contributed by atoms with Gasteiger partial charge in [0.05, 0.1) is 6.54 Å². The normalized spacial score (nSPS) is 10.4. The molecule has 19 heavy (non-hydrogen) atoms. The van der Waals surface area contributed by atoms with Crippen LogP contribution in [0.15, 0.2) is 36.7 Å². The molecule has 2 aromatic rings. The largest absolute Gasteiger partial charge is 0.347 e. The lowest BCUT2D eigenvalue weighted by molar-refractivity contribution is -0.130. The number of nitrogens with one attached hydrogen (secondary N) is 1. The molecule has 4 heteroatoms. The lowest BCUT2D eigenvalue weighted by Crippen LogP contribution is -2.26. The van der Waals surface area contributed by atoms with Crippen LogP contribution >= 0.6 is 0 Å². The minimum absolute atomic E-state index is 0.136. The third-order valence-electron chi connectivity index (χ3n) is 3.12. The van der Waals surface area contributed by atoms with Crippen molar-refractivity contribution < 1.29 is 4.79 Å². The van der Waals surface area contributed by atoms with Crippen LogP contribution in [-0.4, -0.2) is 27.8 Å². The molecule has 1 aromatic heterocycles. The highest BCUT2D eigenvalue weighted by atomic mass is 16.2. The number of hydrogen-bond donors (Lipinski definition) is 1. The quantitative estimate of drug-likeness (QED) is 0.893. The molecule has 1 aromatic carbocycles. The molecule has 100 valence electrons. The Kier molecular flexibility index (Phi) is 4.34. The van der Waals surface area contributed by atoms with Crippen molar-refractivity contribution in [1.29, 1.82) is 0 Å². The Morgan fingerprint density at radius 3 is 2.68 bits per heavy atom. The Bertz CT molecular complexity index is 517. The number of hydrogen-bond acceptors (Lipinski definition) is 2. The first-order valence-corrected chi connectivity index (χ1v) is 6.43. The highest BCUT2D eigenvalue weighted by molar-refractivity contribution is 5.76. The van der Waals surface area contributed by atoms with Gasteiger partial charge in [-0.3, -0.25) is 4.79 Å². The number of aromatic nitrogens is 2. The molecule has 0 bridgehead atoms. The van der Waals surface area contributed by atoms with Crippen molar-refractivity contribution in [3.63, 3.8) is 0 Å². The predicted octanol–water partition coefficient (Wildman–Crippen LogP) is 2.31. The minimum atomic E-state index is 0.136. The predicted molar refractivity (Wildman–Crippen MR) is 74.6 cm³/mol. The Morgan fingerprint density at radius 2 is 2.05 bits per heavy atom. The van der Waals surface area contributed by atoms with Crippen LogP contribution < -0.4 is 0 Å². The van der Waals surface area contributed by atoms with Gasteiger partial charge in [0.1, 0.15) is 5.82 Å². The van der Waals surface area contributed by atoms with Crippen molar-refractivity contribution in [1.82, 2.24) is 14.9 Å². The molecule has 4 nitrogen and oxygen atoms in total. The van der Waals surface area contributed by atoms with Crippen molar-refractivity contribution >= 4 is 5.91 Å². The number of H-pyrrole nitrogens is 1. The second-order valence-electron chi connectivity index (χ2n) is 4.77. The van der Waals surface area contributed by atoms with E-state index in [1.54, 1.807) is 24.3 Å². The Morgan fingerprint density at radius 1 is 1.32 bits per heavy atom. The molecule has 0 aliphatic heterocycles. The highest BCUT2D eigenvalue weighted by Crippen LogP contribution is 2.07. The molecule has 1 heterocycles. The second kappa shape index (κ2) is 6.18. The minimum Gasteiger partial charge on any atom is -0.347 e. The molecule has 0 atom stereocenters. The first-order valence-electron chi connectivity index (χ1n) is 6.43. The molecule has 0 spiro atoms. The van der Waals surface area contributed by atoms with Crippen LogP contribution in [0, 0.1) is 6.92 Å². The number of aromatic amines is 1. The average molecular weight is 257 g/mol. The summed E-state index contributed by atoms with van der Waals surface area (Å²) < 4.78 is 0. The molecular weight excluding hydrogens is 238 g/mol. The summed E-state index contributed by atoms with van der Waals surface area (Å²) in [6.45, 7) is 2.59. The van der Waals surface area contributed by atoms with Gasteiger partial charge < -0.3 is 9.88 Å². The van der Waals surface area contributed by atoms with Crippen molar-refractivity contribution in [2.75, 3.05) is 7.05 Å².